The predicted molar refractivity (Wildman–Crippen MR) is 98.3 cm³/mol. The van der Waals surface area contributed by atoms with Crippen molar-refractivity contribution in [2.24, 2.45) is 5.92 Å². The van der Waals surface area contributed by atoms with E-state index >= 15 is 0 Å². The van der Waals surface area contributed by atoms with Crippen LogP contribution in [0.25, 0.3) is 0 Å². The Bertz CT molecular complexity index is 590. The number of hydrogen-bond donors (Lipinski definition) is 2. The molecule has 6 heteroatoms. The fraction of sp³-hybridized carbons (Fsp3) is 0.600. The van der Waals surface area contributed by atoms with Crippen LogP contribution in [0.3, 0.4) is 0 Å². The van der Waals surface area contributed by atoms with Crippen LogP contribution in [-0.4, -0.2) is 52.9 Å². The zero-order valence-corrected chi connectivity index (χ0v) is 15.4. The molecule has 1 aliphatic heterocycles. The quantitative estimate of drug-likeness (QED) is 0.773. The maximum absolute atomic E-state index is 11.1. The number of ether oxygens (including phenoxy) is 1. The monoisotopic (exact) mass is 363 g/mol. The van der Waals surface area contributed by atoms with E-state index in [1.54, 1.807) is 12.1 Å². The van der Waals surface area contributed by atoms with Crippen LogP contribution in [-0.2, 0) is 16.1 Å². The van der Waals surface area contributed by atoms with Crippen molar-refractivity contribution >= 4 is 11.9 Å². The fourth-order valence-electron chi connectivity index (χ4n) is 3.38. The standard InChI is InChI=1S/C18H25NO3.C2H4O2/c20-18(21)16-7-2-6-15(10-16)12-19(11-14-4-1-5-14)13-17-8-3-9-22-17;1-2(3)4/h2,6-7,10,14,17H,1,3-5,8-9,11-13H2,(H,20,21);1H3,(H,3,4). The summed E-state index contributed by atoms with van der Waals surface area (Å²) in [6.07, 6.45) is 6.68. The molecule has 1 saturated heterocycles. The van der Waals surface area contributed by atoms with E-state index in [2.05, 4.69) is 4.90 Å². The number of carboxylic acids is 2. The first-order chi connectivity index (χ1) is 12.4. The van der Waals surface area contributed by atoms with Gasteiger partial charge >= 0.3 is 5.97 Å². The molecule has 0 bridgehead atoms. The Morgan fingerprint density at radius 3 is 2.42 bits per heavy atom. The molecule has 1 saturated carbocycles. The van der Waals surface area contributed by atoms with E-state index in [9.17, 15) is 4.79 Å². The van der Waals surface area contributed by atoms with E-state index in [0.717, 1.165) is 57.5 Å². The second-order valence-electron chi connectivity index (χ2n) is 7.15. The molecule has 26 heavy (non-hydrogen) atoms. The van der Waals surface area contributed by atoms with Crippen molar-refractivity contribution in [3.05, 3.63) is 35.4 Å². The third kappa shape index (κ3) is 7.14. The molecule has 1 aromatic carbocycles. The zero-order valence-electron chi connectivity index (χ0n) is 15.4. The lowest BCUT2D eigenvalue weighted by Crippen LogP contribution is -2.37. The molecule has 6 nitrogen and oxygen atoms in total. The number of benzene rings is 1. The minimum atomic E-state index is -0.855. The zero-order chi connectivity index (χ0) is 18.9. The Hall–Kier alpha value is -1.92. The van der Waals surface area contributed by atoms with Gasteiger partial charge in [0.2, 0.25) is 0 Å². The van der Waals surface area contributed by atoms with Gasteiger partial charge in [-0.1, -0.05) is 18.6 Å². The molecule has 0 spiro atoms. The lowest BCUT2D eigenvalue weighted by Gasteiger charge is -2.33. The summed E-state index contributed by atoms with van der Waals surface area (Å²) < 4.78 is 5.78. The second kappa shape index (κ2) is 10.3. The Morgan fingerprint density at radius 1 is 1.15 bits per heavy atom. The van der Waals surface area contributed by atoms with E-state index < -0.39 is 11.9 Å². The highest BCUT2D eigenvalue weighted by Crippen LogP contribution is 2.28. The van der Waals surface area contributed by atoms with Crippen molar-refractivity contribution in [1.29, 1.82) is 0 Å². The Balaban J connectivity index is 0.000000552. The minimum absolute atomic E-state index is 0.350. The number of hydrogen-bond acceptors (Lipinski definition) is 4. The molecule has 0 aromatic heterocycles. The fourth-order valence-corrected chi connectivity index (χ4v) is 3.38. The molecule has 1 unspecified atom stereocenters. The number of carboxylic acid groups (broad SMARTS) is 2. The summed E-state index contributed by atoms with van der Waals surface area (Å²) >= 11 is 0. The highest BCUT2D eigenvalue weighted by molar-refractivity contribution is 5.87. The molecule has 2 aliphatic rings. The van der Waals surface area contributed by atoms with Crippen LogP contribution in [0.1, 0.15) is 54.9 Å². The molecule has 144 valence electrons. The summed E-state index contributed by atoms with van der Waals surface area (Å²) in [7, 11) is 0. The van der Waals surface area contributed by atoms with Gasteiger partial charge in [0.25, 0.3) is 5.97 Å². The molecule has 0 amide bonds. The van der Waals surface area contributed by atoms with Crippen molar-refractivity contribution in [3.8, 4) is 0 Å². The van der Waals surface area contributed by atoms with Crippen molar-refractivity contribution in [2.45, 2.75) is 51.7 Å². The van der Waals surface area contributed by atoms with Crippen molar-refractivity contribution < 1.29 is 24.5 Å². The molecule has 2 N–H and O–H groups in total. The van der Waals surface area contributed by atoms with Crippen LogP contribution < -0.4 is 0 Å². The first kappa shape index (κ1) is 20.4. The Morgan fingerprint density at radius 2 is 1.88 bits per heavy atom. The van der Waals surface area contributed by atoms with Crippen LogP contribution in [0.2, 0.25) is 0 Å². The molecular formula is C20H29NO5. The third-order valence-corrected chi connectivity index (χ3v) is 4.81. The maximum Gasteiger partial charge on any atom is 0.335 e. The van der Waals surface area contributed by atoms with Crippen molar-refractivity contribution in [2.75, 3.05) is 19.7 Å². The average Bonchev–Trinajstić information content (AvgIpc) is 3.03. The Kier molecular flexibility index (Phi) is 8.06. The number of nitrogens with zero attached hydrogens (tertiary/aromatic N) is 1. The highest BCUT2D eigenvalue weighted by Gasteiger charge is 2.24. The van der Waals surface area contributed by atoms with Crippen LogP contribution in [0.15, 0.2) is 24.3 Å². The van der Waals surface area contributed by atoms with Crippen LogP contribution in [0.4, 0.5) is 0 Å². The molecule has 0 radical (unpaired) electrons. The minimum Gasteiger partial charge on any atom is -0.481 e. The molecule has 1 heterocycles. The lowest BCUT2D eigenvalue weighted by molar-refractivity contribution is -0.134. The summed E-state index contributed by atoms with van der Waals surface area (Å²) in [5.74, 6) is -0.879. The van der Waals surface area contributed by atoms with Gasteiger partial charge in [-0.2, -0.15) is 0 Å². The molecule has 2 fully saturated rings. The van der Waals surface area contributed by atoms with Crippen LogP contribution in [0, 0.1) is 5.92 Å². The molecule has 3 rings (SSSR count). The SMILES string of the molecule is CC(=O)O.O=C(O)c1cccc(CN(CC2CCC2)CC2CCCO2)c1. The number of aliphatic carboxylic acids is 1. The van der Waals surface area contributed by atoms with E-state index in [-0.39, 0.29) is 0 Å². The normalized spacial score (nSPS) is 19.5. The predicted octanol–water partition coefficient (Wildman–Crippen LogP) is 3.26. The van der Waals surface area contributed by atoms with Gasteiger partial charge in [0.1, 0.15) is 0 Å². The van der Waals surface area contributed by atoms with Gasteiger partial charge in [0.05, 0.1) is 11.7 Å². The first-order valence-corrected chi connectivity index (χ1v) is 9.29. The number of carbonyl (C=O) groups is 2. The van der Waals surface area contributed by atoms with Crippen molar-refractivity contribution in [1.82, 2.24) is 4.90 Å². The largest absolute Gasteiger partial charge is 0.481 e. The van der Waals surface area contributed by atoms with Gasteiger partial charge in [-0.3, -0.25) is 9.69 Å². The molecular weight excluding hydrogens is 334 g/mol. The maximum atomic E-state index is 11.1. The topological polar surface area (TPSA) is 87.1 Å². The highest BCUT2D eigenvalue weighted by atomic mass is 16.5. The van der Waals surface area contributed by atoms with Gasteiger partial charge < -0.3 is 14.9 Å². The first-order valence-electron chi connectivity index (χ1n) is 9.29. The average molecular weight is 363 g/mol. The van der Waals surface area contributed by atoms with E-state index in [0.29, 0.717) is 11.7 Å². The second-order valence-corrected chi connectivity index (χ2v) is 7.15. The summed E-state index contributed by atoms with van der Waals surface area (Å²) in [6, 6.07) is 7.32. The van der Waals surface area contributed by atoms with E-state index in [1.807, 2.05) is 12.1 Å². The molecule has 1 aromatic rings. The van der Waals surface area contributed by atoms with Crippen molar-refractivity contribution in [3.63, 3.8) is 0 Å². The van der Waals surface area contributed by atoms with Crippen LogP contribution >= 0.6 is 0 Å². The third-order valence-electron chi connectivity index (χ3n) is 4.81. The van der Waals surface area contributed by atoms with E-state index in [1.165, 1.54) is 19.3 Å². The summed E-state index contributed by atoms with van der Waals surface area (Å²) in [5.41, 5.74) is 1.45. The smallest absolute Gasteiger partial charge is 0.335 e. The Labute approximate surface area is 154 Å². The van der Waals surface area contributed by atoms with Gasteiger partial charge in [0.15, 0.2) is 0 Å². The summed E-state index contributed by atoms with van der Waals surface area (Å²) in [4.78, 5) is 22.6. The summed E-state index contributed by atoms with van der Waals surface area (Å²) in [6.45, 7) is 4.86. The molecule has 1 aliphatic carbocycles. The number of aromatic carboxylic acids is 1. The summed E-state index contributed by atoms with van der Waals surface area (Å²) in [5, 5.41) is 16.5. The molecule has 1 atom stereocenters. The van der Waals surface area contributed by atoms with E-state index in [4.69, 9.17) is 19.7 Å². The lowest BCUT2D eigenvalue weighted by atomic mass is 9.85. The number of rotatable bonds is 7. The van der Waals surface area contributed by atoms with Gasteiger partial charge in [-0.25, -0.2) is 4.79 Å². The van der Waals surface area contributed by atoms with Gasteiger partial charge in [-0.05, 0) is 49.3 Å². The van der Waals surface area contributed by atoms with Gasteiger partial charge in [-0.15, -0.1) is 0 Å². The van der Waals surface area contributed by atoms with Gasteiger partial charge in [0, 0.05) is 33.2 Å². The van der Waals surface area contributed by atoms with Crippen LogP contribution in [0.5, 0.6) is 0 Å².